The summed E-state index contributed by atoms with van der Waals surface area (Å²) in [4.78, 5) is 41.2. The summed E-state index contributed by atoms with van der Waals surface area (Å²) >= 11 is 0. The molecule has 0 bridgehead atoms. The Balaban J connectivity index is 1.32. The normalized spacial score (nSPS) is 20.8. The van der Waals surface area contributed by atoms with Gasteiger partial charge in [0.1, 0.15) is 19.0 Å². The zero-order valence-electron chi connectivity index (χ0n) is 23.4. The highest BCUT2D eigenvalue weighted by atomic mass is 16.6. The number of Topliss-reactive ketones (excluding diaryl/α,β-unsaturated/α-hetero) is 1. The lowest BCUT2D eigenvalue weighted by Gasteiger charge is -2.23. The van der Waals surface area contributed by atoms with E-state index in [0.29, 0.717) is 17.0 Å². The van der Waals surface area contributed by atoms with Gasteiger partial charge in [-0.25, -0.2) is 19.7 Å². The second-order valence-electron chi connectivity index (χ2n) is 10.4. The molecule has 5 atom stereocenters. The highest BCUT2D eigenvalue weighted by Gasteiger charge is 2.46. The standard InChI is InChI=1S/C30H34N6O6/c1-35(2)27-25-28(32-17-31-27)36(18-33-25)29-26(39)21(24(15-37)42-29)14-23(38)22(13-19-9-5-3-6-10-19)34-30(40)41-16-20-11-7-4-8-12-20/h3-12,17-18,21-22,24,26,29,37,39H,13-16H2,1-2H3,(H,34,40)/t21-,22-,24+,26?,29+/m0/s1. The molecule has 12 nitrogen and oxygen atoms in total. The molecule has 1 aliphatic rings. The van der Waals surface area contributed by atoms with Gasteiger partial charge in [0.15, 0.2) is 29.0 Å². The SMILES string of the molecule is CN(C)c1ncnc2c1ncn2[C@@H]1O[C@H](CO)[C@H](CC(=O)[C@H](Cc2ccccc2)NC(=O)OCc2ccccc2)C1O. The number of ketones is 1. The quantitative estimate of drug-likeness (QED) is 0.243. The van der Waals surface area contributed by atoms with Gasteiger partial charge in [-0.2, -0.15) is 0 Å². The van der Waals surface area contributed by atoms with Crippen molar-refractivity contribution in [2.75, 3.05) is 25.6 Å². The van der Waals surface area contributed by atoms with Crippen LogP contribution in [0.25, 0.3) is 11.2 Å². The number of aromatic nitrogens is 4. The van der Waals surface area contributed by atoms with Gasteiger partial charge in [-0.3, -0.25) is 9.36 Å². The van der Waals surface area contributed by atoms with E-state index in [2.05, 4.69) is 20.3 Å². The number of imidazole rings is 1. The predicted molar refractivity (Wildman–Crippen MR) is 153 cm³/mol. The van der Waals surface area contributed by atoms with Crippen LogP contribution >= 0.6 is 0 Å². The third-order valence-electron chi connectivity index (χ3n) is 7.35. The zero-order valence-corrected chi connectivity index (χ0v) is 23.4. The topological polar surface area (TPSA) is 152 Å². The number of carbonyl (C=O) groups excluding carboxylic acids is 2. The van der Waals surface area contributed by atoms with Crippen molar-refractivity contribution < 1.29 is 29.3 Å². The van der Waals surface area contributed by atoms with Crippen molar-refractivity contribution in [2.45, 2.75) is 43.9 Å². The Morgan fingerprint density at radius 3 is 2.40 bits per heavy atom. The van der Waals surface area contributed by atoms with E-state index in [4.69, 9.17) is 9.47 Å². The Morgan fingerprint density at radius 2 is 1.74 bits per heavy atom. The van der Waals surface area contributed by atoms with Crippen molar-refractivity contribution in [1.29, 1.82) is 0 Å². The van der Waals surface area contributed by atoms with E-state index in [1.54, 1.807) is 9.47 Å². The molecule has 1 saturated heterocycles. The zero-order chi connectivity index (χ0) is 29.6. The van der Waals surface area contributed by atoms with Crippen LogP contribution in [0.3, 0.4) is 0 Å². The number of amides is 1. The van der Waals surface area contributed by atoms with Crippen molar-refractivity contribution in [3.8, 4) is 0 Å². The molecule has 3 heterocycles. The van der Waals surface area contributed by atoms with Gasteiger partial charge in [0, 0.05) is 26.4 Å². The first-order valence-electron chi connectivity index (χ1n) is 13.7. The van der Waals surface area contributed by atoms with Crippen LogP contribution < -0.4 is 10.2 Å². The fourth-order valence-electron chi connectivity index (χ4n) is 5.18. The second kappa shape index (κ2) is 13.1. The summed E-state index contributed by atoms with van der Waals surface area (Å²) in [6.45, 7) is -0.355. The first-order chi connectivity index (χ1) is 20.4. The lowest BCUT2D eigenvalue weighted by molar-refractivity contribution is -0.123. The maximum atomic E-state index is 13.7. The van der Waals surface area contributed by atoms with Crippen LogP contribution in [0.15, 0.2) is 73.3 Å². The molecule has 4 aromatic rings. The Hall–Kier alpha value is -4.39. The lowest BCUT2D eigenvalue weighted by Crippen LogP contribution is -2.44. The molecule has 1 unspecified atom stereocenters. The molecule has 0 aliphatic carbocycles. The van der Waals surface area contributed by atoms with Gasteiger partial charge in [0.05, 0.1) is 25.1 Å². The number of aliphatic hydroxyl groups is 2. The number of alkyl carbamates (subject to hydrolysis) is 1. The summed E-state index contributed by atoms with van der Waals surface area (Å²) in [5.74, 6) is -0.471. The number of benzene rings is 2. The summed E-state index contributed by atoms with van der Waals surface area (Å²) in [6.07, 6.45) is -0.676. The number of nitrogens with zero attached hydrogens (tertiary/aromatic N) is 5. The van der Waals surface area contributed by atoms with E-state index in [1.165, 1.54) is 12.7 Å². The molecule has 1 fully saturated rings. The van der Waals surface area contributed by atoms with E-state index in [0.717, 1.165) is 11.1 Å². The van der Waals surface area contributed by atoms with Gasteiger partial charge in [0.25, 0.3) is 0 Å². The van der Waals surface area contributed by atoms with Crippen molar-refractivity contribution >= 4 is 28.9 Å². The number of ether oxygens (including phenoxy) is 2. The minimum Gasteiger partial charge on any atom is -0.445 e. The molecule has 1 amide bonds. The number of hydrogen-bond donors (Lipinski definition) is 3. The van der Waals surface area contributed by atoms with E-state index in [1.807, 2.05) is 74.8 Å². The number of aliphatic hydroxyl groups excluding tert-OH is 2. The van der Waals surface area contributed by atoms with Crippen LogP contribution in [-0.4, -0.2) is 80.6 Å². The predicted octanol–water partition coefficient (Wildman–Crippen LogP) is 2.26. The Labute approximate surface area is 242 Å². The second-order valence-corrected chi connectivity index (χ2v) is 10.4. The minimum atomic E-state index is -1.16. The summed E-state index contributed by atoms with van der Waals surface area (Å²) in [6, 6.07) is 17.6. The molecule has 0 radical (unpaired) electrons. The van der Waals surface area contributed by atoms with Gasteiger partial charge in [-0.05, 0) is 17.5 Å². The van der Waals surface area contributed by atoms with E-state index in [-0.39, 0.29) is 25.2 Å². The molecule has 1 aliphatic heterocycles. The Morgan fingerprint density at radius 1 is 1.05 bits per heavy atom. The Kier molecular flexibility index (Phi) is 9.06. The fourth-order valence-corrected chi connectivity index (χ4v) is 5.18. The summed E-state index contributed by atoms with van der Waals surface area (Å²) in [5, 5.41) is 24.2. The number of nitrogens with one attached hydrogen (secondary N) is 1. The average Bonchev–Trinajstić information content (AvgIpc) is 3.57. The summed E-state index contributed by atoms with van der Waals surface area (Å²) in [7, 11) is 3.67. The number of hydrogen-bond acceptors (Lipinski definition) is 10. The molecule has 2 aromatic carbocycles. The van der Waals surface area contributed by atoms with Crippen LogP contribution in [0.1, 0.15) is 23.8 Å². The van der Waals surface area contributed by atoms with E-state index in [9.17, 15) is 19.8 Å². The average molecular weight is 575 g/mol. The molecule has 3 N–H and O–H groups in total. The molecule has 5 rings (SSSR count). The third kappa shape index (κ3) is 6.40. The van der Waals surface area contributed by atoms with Crippen LogP contribution in [0.4, 0.5) is 10.6 Å². The molecule has 0 saturated carbocycles. The monoisotopic (exact) mass is 574 g/mol. The van der Waals surface area contributed by atoms with Gasteiger partial charge in [-0.1, -0.05) is 60.7 Å². The fraction of sp³-hybridized carbons (Fsp3) is 0.367. The highest BCUT2D eigenvalue weighted by Crippen LogP contribution is 2.38. The molecule has 12 heteroatoms. The highest BCUT2D eigenvalue weighted by molar-refractivity contribution is 5.88. The van der Waals surface area contributed by atoms with Gasteiger partial charge in [0.2, 0.25) is 0 Å². The van der Waals surface area contributed by atoms with E-state index >= 15 is 0 Å². The summed E-state index contributed by atoms with van der Waals surface area (Å²) < 4.78 is 13.0. The summed E-state index contributed by atoms with van der Waals surface area (Å²) in [5.41, 5.74) is 2.64. The smallest absolute Gasteiger partial charge is 0.408 e. The van der Waals surface area contributed by atoms with Crippen LogP contribution in [-0.2, 0) is 27.3 Å². The van der Waals surface area contributed by atoms with E-state index < -0.39 is 43.1 Å². The third-order valence-corrected chi connectivity index (χ3v) is 7.35. The van der Waals surface area contributed by atoms with Crippen molar-refractivity contribution in [1.82, 2.24) is 24.8 Å². The number of rotatable bonds is 11. The van der Waals surface area contributed by atoms with Gasteiger partial charge in [-0.15, -0.1) is 0 Å². The van der Waals surface area contributed by atoms with Crippen molar-refractivity contribution in [3.05, 3.63) is 84.4 Å². The maximum absolute atomic E-state index is 13.7. The maximum Gasteiger partial charge on any atom is 0.408 e. The first-order valence-corrected chi connectivity index (χ1v) is 13.7. The number of anilines is 1. The van der Waals surface area contributed by atoms with Crippen LogP contribution in [0.5, 0.6) is 0 Å². The number of fused-ring (bicyclic) bond motifs is 1. The molecule has 42 heavy (non-hydrogen) atoms. The van der Waals surface area contributed by atoms with Crippen LogP contribution in [0, 0.1) is 5.92 Å². The molecule has 0 spiro atoms. The molecular weight excluding hydrogens is 540 g/mol. The minimum absolute atomic E-state index is 0.0559. The molecular formula is C30H34N6O6. The first kappa shape index (κ1) is 29.1. The van der Waals surface area contributed by atoms with Gasteiger partial charge >= 0.3 is 6.09 Å². The molecule has 220 valence electrons. The van der Waals surface area contributed by atoms with Crippen molar-refractivity contribution in [2.24, 2.45) is 5.92 Å². The van der Waals surface area contributed by atoms with Crippen molar-refractivity contribution in [3.63, 3.8) is 0 Å². The largest absolute Gasteiger partial charge is 0.445 e. The molecule has 2 aromatic heterocycles. The van der Waals surface area contributed by atoms with Crippen LogP contribution in [0.2, 0.25) is 0 Å². The van der Waals surface area contributed by atoms with Gasteiger partial charge < -0.3 is 29.9 Å². The Bertz CT molecular complexity index is 1500. The number of carbonyl (C=O) groups is 2. The lowest BCUT2D eigenvalue weighted by atomic mass is 9.88.